The maximum atomic E-state index is 13.0. The number of piperidine rings is 1. The molecule has 158 valence electrons. The maximum Gasteiger partial charge on any atom is 0.255 e. The zero-order valence-electron chi connectivity index (χ0n) is 17.0. The fraction of sp³-hybridized carbons (Fsp3) is 0.500. The molecule has 2 aliphatic heterocycles. The van der Waals surface area contributed by atoms with Crippen LogP contribution >= 0.6 is 0 Å². The average Bonchev–Trinajstić information content (AvgIpc) is 3.51. The molecule has 1 aliphatic carbocycles. The summed E-state index contributed by atoms with van der Waals surface area (Å²) in [7, 11) is 1.59. The van der Waals surface area contributed by atoms with Crippen LogP contribution in [0.1, 0.15) is 31.5 Å². The van der Waals surface area contributed by atoms with E-state index in [1.165, 1.54) is 0 Å². The number of aromatic nitrogens is 2. The van der Waals surface area contributed by atoms with E-state index in [-0.39, 0.29) is 17.7 Å². The van der Waals surface area contributed by atoms with Gasteiger partial charge < -0.3 is 24.3 Å². The van der Waals surface area contributed by atoms with Crippen molar-refractivity contribution in [3.05, 3.63) is 42.5 Å². The number of fused-ring (bicyclic) bond motifs is 2. The summed E-state index contributed by atoms with van der Waals surface area (Å²) in [5.74, 6) is 1.81. The quantitative estimate of drug-likeness (QED) is 0.835. The summed E-state index contributed by atoms with van der Waals surface area (Å²) >= 11 is 0. The second kappa shape index (κ2) is 7.43. The van der Waals surface area contributed by atoms with Crippen LogP contribution in [0.15, 0.2) is 36.7 Å². The van der Waals surface area contributed by atoms with Crippen LogP contribution in [0.4, 0.5) is 5.69 Å². The highest BCUT2D eigenvalue weighted by atomic mass is 16.5. The van der Waals surface area contributed by atoms with Crippen molar-refractivity contribution in [3.8, 4) is 5.75 Å². The Morgan fingerprint density at radius 1 is 1.27 bits per heavy atom. The van der Waals surface area contributed by atoms with E-state index in [4.69, 9.17) is 9.47 Å². The Labute approximate surface area is 175 Å². The number of likely N-dealkylation sites (tertiary alicyclic amines) is 1. The third kappa shape index (κ3) is 3.45. The van der Waals surface area contributed by atoms with Crippen molar-refractivity contribution in [3.63, 3.8) is 0 Å². The predicted molar refractivity (Wildman–Crippen MR) is 109 cm³/mol. The van der Waals surface area contributed by atoms with Gasteiger partial charge in [0.15, 0.2) is 6.10 Å². The molecule has 2 amide bonds. The molecule has 3 aliphatic rings. The topological polar surface area (TPSA) is 85.7 Å². The van der Waals surface area contributed by atoms with Crippen LogP contribution in [0.25, 0.3) is 0 Å². The van der Waals surface area contributed by atoms with E-state index < -0.39 is 11.7 Å². The largest absolute Gasteiger partial charge is 0.497 e. The number of carbonyl (C=O) groups is 2. The number of anilines is 1. The molecule has 2 aromatic rings. The van der Waals surface area contributed by atoms with Crippen LogP contribution in [0.2, 0.25) is 0 Å². The number of ether oxygens (including phenoxy) is 2. The number of hydrogen-bond acceptors (Lipinski definition) is 5. The van der Waals surface area contributed by atoms with E-state index in [1.807, 2.05) is 33.9 Å². The highest BCUT2D eigenvalue weighted by Crippen LogP contribution is 2.41. The summed E-state index contributed by atoms with van der Waals surface area (Å²) in [6, 6.07) is 7.26. The van der Waals surface area contributed by atoms with E-state index >= 15 is 0 Å². The SMILES string of the molecule is COc1cccc(NC(=O)C2Cn3ccnc3C3(CCN(C(=O)C4CC4)CC3)O2)c1. The summed E-state index contributed by atoms with van der Waals surface area (Å²) < 4.78 is 13.7. The highest BCUT2D eigenvalue weighted by molar-refractivity contribution is 5.94. The molecule has 8 heteroatoms. The van der Waals surface area contributed by atoms with Crippen molar-refractivity contribution in [1.29, 1.82) is 0 Å². The minimum atomic E-state index is -0.640. The Bertz CT molecular complexity index is 960. The van der Waals surface area contributed by atoms with Gasteiger partial charge in [0.2, 0.25) is 5.91 Å². The molecule has 1 saturated carbocycles. The Balaban J connectivity index is 1.32. The summed E-state index contributed by atoms with van der Waals surface area (Å²) in [4.78, 5) is 31.9. The lowest BCUT2D eigenvalue weighted by molar-refractivity contribution is -0.172. The molecule has 0 radical (unpaired) electrons. The lowest BCUT2D eigenvalue weighted by Gasteiger charge is -2.45. The number of carbonyl (C=O) groups excluding carboxylic acids is 2. The number of nitrogens with zero attached hydrogens (tertiary/aromatic N) is 3. The first-order valence-corrected chi connectivity index (χ1v) is 10.5. The monoisotopic (exact) mass is 410 g/mol. The fourth-order valence-corrected chi connectivity index (χ4v) is 4.48. The number of nitrogens with one attached hydrogen (secondary N) is 1. The highest BCUT2D eigenvalue weighted by Gasteiger charge is 2.48. The molecule has 3 heterocycles. The van der Waals surface area contributed by atoms with Gasteiger partial charge in [0.1, 0.15) is 17.2 Å². The van der Waals surface area contributed by atoms with Crippen LogP contribution in [-0.4, -0.2) is 52.6 Å². The first-order valence-electron chi connectivity index (χ1n) is 10.5. The second-order valence-corrected chi connectivity index (χ2v) is 8.32. The molecule has 8 nitrogen and oxygen atoms in total. The van der Waals surface area contributed by atoms with E-state index in [9.17, 15) is 9.59 Å². The zero-order chi connectivity index (χ0) is 20.7. The lowest BCUT2D eigenvalue weighted by Crippen LogP contribution is -2.54. The molecule has 1 atom stereocenters. The van der Waals surface area contributed by atoms with Gasteiger partial charge in [0.25, 0.3) is 5.91 Å². The molecule has 1 saturated heterocycles. The van der Waals surface area contributed by atoms with Gasteiger partial charge in [0.05, 0.1) is 13.7 Å². The normalized spacial score (nSPS) is 22.4. The van der Waals surface area contributed by atoms with Crippen molar-refractivity contribution >= 4 is 17.5 Å². The number of methoxy groups -OCH3 is 1. The van der Waals surface area contributed by atoms with E-state index in [0.29, 0.717) is 43.9 Å². The number of benzene rings is 1. The van der Waals surface area contributed by atoms with Crippen LogP contribution < -0.4 is 10.1 Å². The van der Waals surface area contributed by atoms with E-state index in [0.717, 1.165) is 18.7 Å². The summed E-state index contributed by atoms with van der Waals surface area (Å²) in [5.41, 5.74) is 0.0247. The van der Waals surface area contributed by atoms with Crippen LogP contribution in [0.3, 0.4) is 0 Å². The summed E-state index contributed by atoms with van der Waals surface area (Å²) in [6.45, 7) is 1.68. The standard InChI is InChI=1S/C22H26N4O4/c1-29-17-4-2-3-16(13-17)24-19(27)18-14-26-12-9-23-21(26)22(30-18)7-10-25(11-8-22)20(28)15-5-6-15/h2-4,9,12-13,15,18H,5-8,10-11,14H2,1H3,(H,24,27). The molecule has 1 N–H and O–H groups in total. The number of hydrogen-bond donors (Lipinski definition) is 1. The number of imidazole rings is 1. The maximum absolute atomic E-state index is 13.0. The van der Waals surface area contributed by atoms with E-state index in [1.54, 1.807) is 19.4 Å². The van der Waals surface area contributed by atoms with Gasteiger partial charge in [-0.1, -0.05) is 6.07 Å². The minimum absolute atomic E-state index is 0.196. The Kier molecular flexibility index (Phi) is 4.73. The summed E-state index contributed by atoms with van der Waals surface area (Å²) in [5, 5.41) is 2.94. The third-order valence-electron chi connectivity index (χ3n) is 6.29. The second-order valence-electron chi connectivity index (χ2n) is 8.32. The molecule has 2 fully saturated rings. The average molecular weight is 410 g/mol. The summed E-state index contributed by atoms with van der Waals surface area (Å²) in [6.07, 6.45) is 6.32. The van der Waals surface area contributed by atoms with Crippen LogP contribution in [-0.2, 0) is 26.5 Å². The fourth-order valence-electron chi connectivity index (χ4n) is 4.48. The number of amides is 2. The Morgan fingerprint density at radius 3 is 2.80 bits per heavy atom. The van der Waals surface area contributed by atoms with Crippen LogP contribution in [0.5, 0.6) is 5.75 Å². The smallest absolute Gasteiger partial charge is 0.255 e. The molecule has 1 spiro atoms. The van der Waals surface area contributed by atoms with Gasteiger partial charge >= 0.3 is 0 Å². The molecule has 1 aromatic carbocycles. The van der Waals surface area contributed by atoms with Crippen molar-refractivity contribution in [2.24, 2.45) is 5.92 Å². The van der Waals surface area contributed by atoms with Gasteiger partial charge in [-0.3, -0.25) is 9.59 Å². The lowest BCUT2D eigenvalue weighted by atomic mass is 9.88. The Morgan fingerprint density at radius 2 is 2.07 bits per heavy atom. The Hall–Kier alpha value is -2.87. The molecule has 30 heavy (non-hydrogen) atoms. The van der Waals surface area contributed by atoms with Gasteiger partial charge in [0, 0.05) is 56.0 Å². The molecular weight excluding hydrogens is 384 g/mol. The van der Waals surface area contributed by atoms with Gasteiger partial charge in [-0.25, -0.2) is 4.98 Å². The number of rotatable bonds is 4. The first kappa shape index (κ1) is 19.1. The van der Waals surface area contributed by atoms with Crippen molar-refractivity contribution < 1.29 is 19.1 Å². The molecule has 1 unspecified atom stereocenters. The predicted octanol–water partition coefficient (Wildman–Crippen LogP) is 2.16. The zero-order valence-corrected chi connectivity index (χ0v) is 17.0. The van der Waals surface area contributed by atoms with Gasteiger partial charge in [-0.15, -0.1) is 0 Å². The first-order chi connectivity index (χ1) is 14.6. The van der Waals surface area contributed by atoms with Gasteiger partial charge in [-0.2, -0.15) is 0 Å². The molecule has 1 aromatic heterocycles. The van der Waals surface area contributed by atoms with Gasteiger partial charge in [-0.05, 0) is 25.0 Å². The van der Waals surface area contributed by atoms with Crippen molar-refractivity contribution in [1.82, 2.24) is 14.5 Å². The van der Waals surface area contributed by atoms with Crippen molar-refractivity contribution in [2.75, 3.05) is 25.5 Å². The molecule has 5 rings (SSSR count). The van der Waals surface area contributed by atoms with Crippen LogP contribution in [0, 0.1) is 5.92 Å². The molecule has 0 bridgehead atoms. The van der Waals surface area contributed by atoms with Crippen molar-refractivity contribution in [2.45, 2.75) is 43.9 Å². The molecular formula is C22H26N4O4. The third-order valence-corrected chi connectivity index (χ3v) is 6.29. The van der Waals surface area contributed by atoms with E-state index in [2.05, 4.69) is 10.3 Å². The minimum Gasteiger partial charge on any atom is -0.497 e.